The summed E-state index contributed by atoms with van der Waals surface area (Å²) >= 11 is 1.78. The minimum Gasteiger partial charge on any atom is -0.497 e. The lowest BCUT2D eigenvalue weighted by molar-refractivity contribution is -0.131. The SMILES string of the molecule is CCNC(=NCCC(=O)N1CCc2sccc2C1)NCCOc1ccc(OC)cc1.I. The number of carbonyl (C=O) groups is 1. The highest BCUT2D eigenvalue weighted by Gasteiger charge is 2.20. The van der Waals surface area contributed by atoms with Gasteiger partial charge in [-0.1, -0.05) is 0 Å². The molecule has 7 nitrogen and oxygen atoms in total. The lowest BCUT2D eigenvalue weighted by Gasteiger charge is -2.26. The standard InChI is InChI=1S/C22H30N4O3S.HI/c1-3-23-22(25-12-14-29-19-6-4-18(28-2)5-7-19)24-11-8-21(27)26-13-9-20-17(16-26)10-15-30-20;/h4-7,10,15H,3,8-9,11-14,16H2,1-2H3,(H2,23,24,25);1H. The molecule has 0 fully saturated rings. The summed E-state index contributed by atoms with van der Waals surface area (Å²) in [5.41, 5.74) is 1.29. The lowest BCUT2D eigenvalue weighted by atomic mass is 10.1. The minimum atomic E-state index is 0. The van der Waals surface area contributed by atoms with Gasteiger partial charge in [-0.25, -0.2) is 0 Å². The molecule has 1 amide bonds. The number of methoxy groups -OCH3 is 1. The van der Waals surface area contributed by atoms with E-state index in [2.05, 4.69) is 27.1 Å². The Morgan fingerprint density at radius 3 is 2.71 bits per heavy atom. The number of halogens is 1. The third-order valence-corrected chi connectivity index (χ3v) is 5.85. The van der Waals surface area contributed by atoms with Crippen molar-refractivity contribution in [2.45, 2.75) is 26.3 Å². The number of fused-ring (bicyclic) bond motifs is 1. The number of carbonyl (C=O) groups excluding carboxylic acids is 1. The fraction of sp³-hybridized carbons (Fsp3) is 0.455. The largest absolute Gasteiger partial charge is 0.497 e. The maximum atomic E-state index is 12.5. The van der Waals surface area contributed by atoms with E-state index in [1.54, 1.807) is 18.4 Å². The Labute approximate surface area is 205 Å². The molecule has 2 N–H and O–H groups in total. The van der Waals surface area contributed by atoms with Crippen LogP contribution in [0.2, 0.25) is 0 Å². The molecular formula is C22H31IN4O3S. The van der Waals surface area contributed by atoms with Crippen molar-refractivity contribution in [1.29, 1.82) is 0 Å². The van der Waals surface area contributed by atoms with Crippen LogP contribution in [0, 0.1) is 0 Å². The van der Waals surface area contributed by atoms with E-state index in [0.29, 0.717) is 32.1 Å². The zero-order chi connectivity index (χ0) is 21.2. The molecule has 0 radical (unpaired) electrons. The average molecular weight is 558 g/mol. The van der Waals surface area contributed by atoms with Gasteiger partial charge in [0.2, 0.25) is 5.91 Å². The van der Waals surface area contributed by atoms with Crippen LogP contribution in [0.5, 0.6) is 11.5 Å². The number of ether oxygens (including phenoxy) is 2. The van der Waals surface area contributed by atoms with Crippen LogP contribution in [0.4, 0.5) is 0 Å². The second-order valence-corrected chi connectivity index (χ2v) is 7.90. The van der Waals surface area contributed by atoms with Gasteiger partial charge >= 0.3 is 0 Å². The Bertz CT molecular complexity index is 842. The van der Waals surface area contributed by atoms with Crippen molar-refractivity contribution >= 4 is 47.2 Å². The van der Waals surface area contributed by atoms with Crippen molar-refractivity contribution < 1.29 is 14.3 Å². The summed E-state index contributed by atoms with van der Waals surface area (Å²) in [6.07, 6.45) is 1.37. The smallest absolute Gasteiger partial charge is 0.224 e. The van der Waals surface area contributed by atoms with Gasteiger partial charge in [0.25, 0.3) is 0 Å². The van der Waals surface area contributed by atoms with E-state index in [1.807, 2.05) is 36.1 Å². The maximum Gasteiger partial charge on any atom is 0.224 e. The van der Waals surface area contributed by atoms with E-state index < -0.39 is 0 Å². The monoisotopic (exact) mass is 558 g/mol. The van der Waals surface area contributed by atoms with Crippen LogP contribution in [0.1, 0.15) is 23.8 Å². The van der Waals surface area contributed by atoms with E-state index in [4.69, 9.17) is 9.47 Å². The molecule has 1 aliphatic rings. The Hall–Kier alpha value is -2.01. The molecule has 31 heavy (non-hydrogen) atoms. The van der Waals surface area contributed by atoms with Gasteiger partial charge in [-0.3, -0.25) is 9.79 Å². The molecule has 9 heteroatoms. The summed E-state index contributed by atoms with van der Waals surface area (Å²) in [5.74, 6) is 2.45. The van der Waals surface area contributed by atoms with E-state index in [1.165, 1.54) is 10.4 Å². The van der Waals surface area contributed by atoms with Crippen LogP contribution in [0.15, 0.2) is 40.7 Å². The van der Waals surface area contributed by atoms with Crippen LogP contribution in [0.25, 0.3) is 0 Å². The number of aliphatic imine (C=N–C) groups is 1. The van der Waals surface area contributed by atoms with Crippen LogP contribution in [-0.4, -0.2) is 56.7 Å². The van der Waals surface area contributed by atoms with Gasteiger partial charge in [0.05, 0.1) is 20.2 Å². The first kappa shape index (κ1) is 25.3. The predicted octanol–water partition coefficient (Wildman–Crippen LogP) is 3.28. The minimum absolute atomic E-state index is 0. The second kappa shape index (κ2) is 13.4. The quantitative estimate of drug-likeness (QED) is 0.214. The third-order valence-electron chi connectivity index (χ3n) is 4.82. The molecular weight excluding hydrogens is 527 g/mol. The number of thiophene rings is 1. The summed E-state index contributed by atoms with van der Waals surface area (Å²) in [4.78, 5) is 20.4. The Morgan fingerprint density at radius 1 is 1.19 bits per heavy atom. The molecule has 1 aromatic heterocycles. The van der Waals surface area contributed by atoms with Crippen molar-refractivity contribution in [2.24, 2.45) is 4.99 Å². The van der Waals surface area contributed by atoms with Gasteiger partial charge in [-0.05, 0) is 54.6 Å². The van der Waals surface area contributed by atoms with Crippen LogP contribution >= 0.6 is 35.3 Å². The first-order chi connectivity index (χ1) is 14.7. The zero-order valence-corrected chi connectivity index (χ0v) is 21.2. The number of guanidine groups is 1. The average Bonchev–Trinajstić information content (AvgIpc) is 3.25. The van der Waals surface area contributed by atoms with E-state index in [9.17, 15) is 4.79 Å². The zero-order valence-electron chi connectivity index (χ0n) is 18.1. The Kier molecular flexibility index (Phi) is 10.9. The fourth-order valence-electron chi connectivity index (χ4n) is 3.23. The molecule has 0 unspecified atom stereocenters. The summed E-state index contributed by atoms with van der Waals surface area (Å²) in [6, 6.07) is 9.62. The second-order valence-electron chi connectivity index (χ2n) is 6.90. The number of nitrogens with zero attached hydrogens (tertiary/aromatic N) is 2. The lowest BCUT2D eigenvalue weighted by Crippen LogP contribution is -2.40. The molecule has 0 saturated carbocycles. The van der Waals surface area contributed by atoms with Crippen molar-refractivity contribution in [1.82, 2.24) is 15.5 Å². The number of hydrogen-bond donors (Lipinski definition) is 2. The van der Waals surface area contributed by atoms with Crippen LogP contribution in [0.3, 0.4) is 0 Å². The van der Waals surface area contributed by atoms with E-state index >= 15 is 0 Å². The summed E-state index contributed by atoms with van der Waals surface area (Å²) in [5, 5.41) is 8.55. The molecule has 0 saturated heterocycles. The van der Waals surface area contributed by atoms with Gasteiger partial charge in [-0.15, -0.1) is 35.3 Å². The topological polar surface area (TPSA) is 75.2 Å². The molecule has 0 spiro atoms. The summed E-state index contributed by atoms with van der Waals surface area (Å²) < 4.78 is 10.9. The number of benzene rings is 1. The highest BCUT2D eigenvalue weighted by atomic mass is 127. The van der Waals surface area contributed by atoms with Gasteiger partial charge in [0.15, 0.2) is 5.96 Å². The number of nitrogens with one attached hydrogen (secondary N) is 2. The molecule has 0 bridgehead atoms. The van der Waals surface area contributed by atoms with Crippen molar-refractivity contribution in [3.63, 3.8) is 0 Å². The first-order valence-corrected chi connectivity index (χ1v) is 11.2. The first-order valence-electron chi connectivity index (χ1n) is 10.3. The molecule has 0 aliphatic carbocycles. The van der Waals surface area contributed by atoms with Gasteiger partial charge in [-0.2, -0.15) is 0 Å². The maximum absolute atomic E-state index is 12.5. The van der Waals surface area contributed by atoms with Crippen LogP contribution < -0.4 is 20.1 Å². The van der Waals surface area contributed by atoms with Gasteiger partial charge < -0.3 is 25.0 Å². The van der Waals surface area contributed by atoms with Gasteiger partial charge in [0, 0.05) is 30.9 Å². The highest BCUT2D eigenvalue weighted by molar-refractivity contribution is 14.0. The summed E-state index contributed by atoms with van der Waals surface area (Å²) in [7, 11) is 1.64. The Balaban J connectivity index is 0.00000341. The molecule has 1 aromatic carbocycles. The Morgan fingerprint density at radius 2 is 1.97 bits per heavy atom. The van der Waals surface area contributed by atoms with E-state index in [0.717, 1.165) is 37.6 Å². The normalized spacial score (nSPS) is 13.1. The third kappa shape index (κ3) is 7.88. The van der Waals surface area contributed by atoms with Gasteiger partial charge in [0.1, 0.15) is 18.1 Å². The molecule has 1 aliphatic heterocycles. The van der Waals surface area contributed by atoms with E-state index in [-0.39, 0.29) is 29.9 Å². The van der Waals surface area contributed by atoms with Crippen molar-refractivity contribution in [3.8, 4) is 11.5 Å². The van der Waals surface area contributed by atoms with Crippen molar-refractivity contribution in [3.05, 3.63) is 46.2 Å². The fourth-order valence-corrected chi connectivity index (χ4v) is 4.12. The number of rotatable bonds is 9. The highest BCUT2D eigenvalue weighted by Crippen LogP contribution is 2.24. The summed E-state index contributed by atoms with van der Waals surface area (Å²) in [6.45, 7) is 5.87. The number of amides is 1. The number of hydrogen-bond acceptors (Lipinski definition) is 5. The van der Waals surface area contributed by atoms with Crippen molar-refractivity contribution in [2.75, 3.05) is 39.9 Å². The molecule has 2 aromatic rings. The molecule has 0 atom stereocenters. The molecule has 2 heterocycles. The van der Waals surface area contributed by atoms with Crippen LogP contribution in [-0.2, 0) is 17.8 Å². The molecule has 3 rings (SSSR count). The predicted molar refractivity (Wildman–Crippen MR) is 136 cm³/mol. The molecule has 170 valence electrons.